The van der Waals surface area contributed by atoms with Crippen LogP contribution in [0.4, 0.5) is 0 Å². The lowest BCUT2D eigenvalue weighted by molar-refractivity contribution is -0.140. The van der Waals surface area contributed by atoms with Crippen molar-refractivity contribution >= 4 is 17.8 Å². The van der Waals surface area contributed by atoms with Crippen molar-refractivity contribution in [2.45, 2.75) is 24.7 Å². The molecule has 0 aliphatic rings. The number of methoxy groups -OCH3 is 1. The molecular weight excluding hydrogens is 428 g/mol. The van der Waals surface area contributed by atoms with Crippen LogP contribution in [0.15, 0.2) is 91.0 Å². The van der Waals surface area contributed by atoms with Gasteiger partial charge in [0.05, 0.1) is 18.9 Å². The molecule has 0 aliphatic carbocycles. The van der Waals surface area contributed by atoms with Gasteiger partial charge in [-0.05, 0) is 16.7 Å². The highest BCUT2D eigenvalue weighted by Gasteiger charge is 2.38. The van der Waals surface area contributed by atoms with Gasteiger partial charge in [0, 0.05) is 25.9 Å². The molecule has 2 amide bonds. The van der Waals surface area contributed by atoms with Crippen molar-refractivity contribution in [2.24, 2.45) is 0 Å². The molecule has 0 atom stereocenters. The minimum Gasteiger partial charge on any atom is -0.469 e. The SMILES string of the molecule is COC(=O)CCNC(=O)CCNC(=O)CC(c1ccccc1)(c1ccccc1)c1ccccc1. The minimum atomic E-state index is -0.684. The Bertz CT molecular complexity index is 973. The average molecular weight is 459 g/mol. The Morgan fingerprint density at radius 3 is 1.50 bits per heavy atom. The van der Waals surface area contributed by atoms with Crippen molar-refractivity contribution < 1.29 is 19.1 Å². The molecule has 6 heteroatoms. The van der Waals surface area contributed by atoms with E-state index in [4.69, 9.17) is 0 Å². The lowest BCUT2D eigenvalue weighted by atomic mass is 9.67. The second-order valence-corrected chi connectivity index (χ2v) is 7.96. The first kappa shape index (κ1) is 24.7. The molecule has 0 bridgehead atoms. The van der Waals surface area contributed by atoms with Crippen LogP contribution in [0.2, 0.25) is 0 Å². The second-order valence-electron chi connectivity index (χ2n) is 7.96. The number of esters is 1. The lowest BCUT2D eigenvalue weighted by Gasteiger charge is -2.35. The fraction of sp³-hybridized carbons (Fsp3) is 0.250. The third kappa shape index (κ3) is 6.32. The molecule has 0 unspecified atom stereocenters. The highest BCUT2D eigenvalue weighted by Crippen LogP contribution is 2.42. The van der Waals surface area contributed by atoms with E-state index >= 15 is 0 Å². The summed E-state index contributed by atoms with van der Waals surface area (Å²) in [4.78, 5) is 36.4. The predicted molar refractivity (Wildman–Crippen MR) is 131 cm³/mol. The number of rotatable bonds is 11. The Morgan fingerprint density at radius 2 is 1.06 bits per heavy atom. The van der Waals surface area contributed by atoms with Gasteiger partial charge in [-0.15, -0.1) is 0 Å². The predicted octanol–water partition coefficient (Wildman–Crippen LogP) is 3.60. The first-order valence-electron chi connectivity index (χ1n) is 11.3. The number of benzene rings is 3. The van der Waals surface area contributed by atoms with Crippen LogP contribution < -0.4 is 10.6 Å². The smallest absolute Gasteiger partial charge is 0.307 e. The maximum Gasteiger partial charge on any atom is 0.307 e. The van der Waals surface area contributed by atoms with E-state index in [1.165, 1.54) is 7.11 Å². The summed E-state index contributed by atoms with van der Waals surface area (Å²) in [5.74, 6) is -0.767. The maximum atomic E-state index is 13.2. The van der Waals surface area contributed by atoms with Gasteiger partial charge in [0.1, 0.15) is 0 Å². The molecule has 0 aliphatic heterocycles. The molecule has 0 fully saturated rings. The summed E-state index contributed by atoms with van der Waals surface area (Å²) in [5, 5.41) is 5.55. The molecular formula is C28H30N2O4. The number of carbonyl (C=O) groups excluding carboxylic acids is 3. The standard InChI is InChI=1S/C28H30N2O4/c1-34-27(33)18-20-29-25(31)17-19-30-26(32)21-28(22-11-5-2-6-12-22,23-13-7-3-8-14-23)24-15-9-4-10-16-24/h2-16H,17-21H2,1H3,(H,29,31)(H,30,32). The van der Waals surface area contributed by atoms with E-state index in [2.05, 4.69) is 15.4 Å². The molecule has 0 saturated carbocycles. The molecule has 176 valence electrons. The molecule has 0 saturated heterocycles. The van der Waals surface area contributed by atoms with Crippen LogP contribution in [-0.2, 0) is 24.5 Å². The first-order valence-corrected chi connectivity index (χ1v) is 11.3. The van der Waals surface area contributed by atoms with E-state index in [9.17, 15) is 14.4 Å². The minimum absolute atomic E-state index is 0.113. The molecule has 2 N–H and O–H groups in total. The summed E-state index contributed by atoms with van der Waals surface area (Å²) >= 11 is 0. The van der Waals surface area contributed by atoms with E-state index in [0.717, 1.165) is 16.7 Å². The molecule has 0 heterocycles. The Morgan fingerprint density at radius 1 is 0.647 bits per heavy atom. The van der Waals surface area contributed by atoms with Gasteiger partial charge in [-0.2, -0.15) is 0 Å². The van der Waals surface area contributed by atoms with E-state index in [1.54, 1.807) is 0 Å². The number of ether oxygens (including phenoxy) is 1. The molecule has 34 heavy (non-hydrogen) atoms. The zero-order chi connectivity index (χ0) is 24.2. The molecule has 6 nitrogen and oxygen atoms in total. The van der Waals surface area contributed by atoms with Gasteiger partial charge in [-0.1, -0.05) is 91.0 Å². The molecule has 0 spiro atoms. The van der Waals surface area contributed by atoms with Crippen molar-refractivity contribution in [3.8, 4) is 0 Å². The highest BCUT2D eigenvalue weighted by molar-refractivity contribution is 5.81. The van der Waals surface area contributed by atoms with E-state index in [0.29, 0.717) is 0 Å². The summed E-state index contributed by atoms with van der Waals surface area (Å²) in [7, 11) is 1.31. The monoisotopic (exact) mass is 458 g/mol. The molecule has 0 radical (unpaired) electrons. The second kappa shape index (κ2) is 12.3. The van der Waals surface area contributed by atoms with Crippen LogP contribution in [-0.4, -0.2) is 38.0 Å². The Labute approximate surface area is 200 Å². The van der Waals surface area contributed by atoms with Crippen LogP contribution in [0.25, 0.3) is 0 Å². The number of carbonyl (C=O) groups is 3. The van der Waals surface area contributed by atoms with E-state index in [1.807, 2.05) is 91.0 Å². The zero-order valence-corrected chi connectivity index (χ0v) is 19.3. The number of nitrogens with one attached hydrogen (secondary N) is 2. The summed E-state index contributed by atoms with van der Waals surface area (Å²) < 4.78 is 4.55. The van der Waals surface area contributed by atoms with Gasteiger partial charge >= 0.3 is 5.97 Å². The summed E-state index contributed by atoms with van der Waals surface area (Å²) in [5.41, 5.74) is 2.37. The number of hydrogen-bond donors (Lipinski definition) is 2. The Hall–Kier alpha value is -3.93. The van der Waals surface area contributed by atoms with Crippen molar-refractivity contribution in [3.05, 3.63) is 108 Å². The van der Waals surface area contributed by atoms with Crippen LogP contribution in [0.5, 0.6) is 0 Å². The number of hydrogen-bond acceptors (Lipinski definition) is 4. The number of amides is 2. The van der Waals surface area contributed by atoms with Gasteiger partial charge in [-0.25, -0.2) is 0 Å². The third-order valence-corrected chi connectivity index (χ3v) is 5.78. The molecule has 3 aromatic rings. The lowest BCUT2D eigenvalue weighted by Crippen LogP contribution is -2.38. The van der Waals surface area contributed by atoms with Crippen molar-refractivity contribution in [1.29, 1.82) is 0 Å². The van der Waals surface area contributed by atoms with Crippen molar-refractivity contribution in [2.75, 3.05) is 20.2 Å². The fourth-order valence-corrected chi connectivity index (χ4v) is 4.09. The summed E-state index contributed by atoms with van der Waals surface area (Å²) in [6.07, 6.45) is 0.430. The van der Waals surface area contributed by atoms with Gasteiger partial charge in [0.2, 0.25) is 11.8 Å². The summed E-state index contributed by atoms with van der Waals surface area (Å²) in [6.45, 7) is 0.413. The van der Waals surface area contributed by atoms with Crippen LogP contribution in [0.3, 0.4) is 0 Å². The third-order valence-electron chi connectivity index (χ3n) is 5.78. The van der Waals surface area contributed by atoms with Gasteiger partial charge in [0.15, 0.2) is 0 Å². The Balaban J connectivity index is 1.77. The van der Waals surface area contributed by atoms with Crippen LogP contribution in [0.1, 0.15) is 36.0 Å². The van der Waals surface area contributed by atoms with Gasteiger partial charge < -0.3 is 15.4 Å². The van der Waals surface area contributed by atoms with Crippen molar-refractivity contribution in [3.63, 3.8) is 0 Å². The normalized spacial score (nSPS) is 10.9. The fourth-order valence-electron chi connectivity index (χ4n) is 4.09. The quantitative estimate of drug-likeness (QED) is 0.340. The maximum absolute atomic E-state index is 13.2. The highest BCUT2D eigenvalue weighted by atomic mass is 16.5. The molecule has 3 rings (SSSR count). The Kier molecular flexibility index (Phi) is 8.97. The van der Waals surface area contributed by atoms with Crippen molar-refractivity contribution in [1.82, 2.24) is 10.6 Å². The topological polar surface area (TPSA) is 84.5 Å². The molecule has 0 aromatic heterocycles. The van der Waals surface area contributed by atoms with E-state index < -0.39 is 5.41 Å². The molecule has 3 aromatic carbocycles. The van der Waals surface area contributed by atoms with Crippen LogP contribution in [0, 0.1) is 0 Å². The summed E-state index contributed by atoms with van der Waals surface area (Å²) in [6, 6.07) is 30.0. The zero-order valence-electron chi connectivity index (χ0n) is 19.3. The van der Waals surface area contributed by atoms with Crippen LogP contribution >= 0.6 is 0 Å². The van der Waals surface area contributed by atoms with E-state index in [-0.39, 0.29) is 50.1 Å². The van der Waals surface area contributed by atoms with Gasteiger partial charge in [0.25, 0.3) is 0 Å². The first-order chi connectivity index (χ1) is 16.6. The largest absolute Gasteiger partial charge is 0.469 e. The average Bonchev–Trinajstić information content (AvgIpc) is 2.88. The van der Waals surface area contributed by atoms with Gasteiger partial charge in [-0.3, -0.25) is 14.4 Å².